The minimum absolute atomic E-state index is 0.373. The summed E-state index contributed by atoms with van der Waals surface area (Å²) in [6.45, 7) is 2.43. The lowest BCUT2D eigenvalue weighted by Gasteiger charge is -2.06. The summed E-state index contributed by atoms with van der Waals surface area (Å²) in [5.74, 6) is 2.05. The third kappa shape index (κ3) is 3.37. The Kier molecular flexibility index (Phi) is 4.27. The monoisotopic (exact) mass is 346 g/mol. The SMILES string of the molecule is COc1ccc(COc2ccc3oc(-c4ccc(C)cc4)nc3c2)nc1. The normalized spacial score (nSPS) is 10.8. The van der Waals surface area contributed by atoms with Crippen LogP contribution in [-0.2, 0) is 6.61 Å². The maximum absolute atomic E-state index is 5.84. The highest BCUT2D eigenvalue weighted by Gasteiger charge is 2.09. The second-order valence-corrected chi connectivity index (χ2v) is 5.99. The van der Waals surface area contributed by atoms with E-state index in [0.29, 0.717) is 12.5 Å². The van der Waals surface area contributed by atoms with Crippen molar-refractivity contribution in [2.45, 2.75) is 13.5 Å². The fourth-order valence-corrected chi connectivity index (χ4v) is 2.59. The third-order valence-corrected chi connectivity index (χ3v) is 4.08. The molecule has 0 radical (unpaired) electrons. The first kappa shape index (κ1) is 16.1. The number of oxazole rings is 1. The lowest BCUT2D eigenvalue weighted by atomic mass is 10.1. The molecule has 0 aliphatic carbocycles. The first-order chi connectivity index (χ1) is 12.7. The Labute approximate surface area is 151 Å². The van der Waals surface area contributed by atoms with Crippen LogP contribution in [0.3, 0.4) is 0 Å². The molecule has 5 heteroatoms. The number of methoxy groups -OCH3 is 1. The molecule has 0 amide bonds. The summed E-state index contributed by atoms with van der Waals surface area (Å²) in [4.78, 5) is 8.87. The van der Waals surface area contributed by atoms with Crippen LogP contribution in [0.2, 0.25) is 0 Å². The molecule has 5 nitrogen and oxygen atoms in total. The Bertz CT molecular complexity index is 1020. The summed E-state index contributed by atoms with van der Waals surface area (Å²) < 4.78 is 16.8. The smallest absolute Gasteiger partial charge is 0.227 e. The van der Waals surface area contributed by atoms with Gasteiger partial charge in [-0.15, -0.1) is 0 Å². The van der Waals surface area contributed by atoms with Crippen molar-refractivity contribution in [1.82, 2.24) is 9.97 Å². The van der Waals surface area contributed by atoms with Gasteiger partial charge in [-0.05, 0) is 43.3 Å². The molecule has 0 unspecified atom stereocenters. The van der Waals surface area contributed by atoms with E-state index in [1.54, 1.807) is 13.3 Å². The van der Waals surface area contributed by atoms with Gasteiger partial charge in [0, 0.05) is 11.6 Å². The van der Waals surface area contributed by atoms with E-state index in [1.165, 1.54) is 5.56 Å². The maximum Gasteiger partial charge on any atom is 0.227 e. The van der Waals surface area contributed by atoms with Crippen molar-refractivity contribution in [3.8, 4) is 23.0 Å². The Hall–Kier alpha value is -3.34. The molecule has 0 saturated carbocycles. The first-order valence-corrected chi connectivity index (χ1v) is 8.30. The Morgan fingerprint density at radius 3 is 2.50 bits per heavy atom. The minimum atomic E-state index is 0.373. The predicted octanol–water partition coefficient (Wildman–Crippen LogP) is 4.79. The Morgan fingerprint density at radius 1 is 0.962 bits per heavy atom. The summed E-state index contributed by atoms with van der Waals surface area (Å²) in [5.41, 5.74) is 4.48. The molecule has 0 fully saturated rings. The second-order valence-electron chi connectivity index (χ2n) is 5.99. The van der Waals surface area contributed by atoms with Gasteiger partial charge in [0.25, 0.3) is 0 Å². The van der Waals surface area contributed by atoms with Crippen LogP contribution in [0, 0.1) is 6.92 Å². The van der Waals surface area contributed by atoms with Crippen molar-refractivity contribution in [2.75, 3.05) is 7.11 Å². The van der Waals surface area contributed by atoms with Crippen LogP contribution < -0.4 is 9.47 Å². The van der Waals surface area contributed by atoms with Crippen molar-refractivity contribution in [1.29, 1.82) is 0 Å². The molecule has 4 aromatic rings. The maximum atomic E-state index is 5.84. The van der Waals surface area contributed by atoms with Crippen LogP contribution in [0.5, 0.6) is 11.5 Å². The number of rotatable bonds is 5. The predicted molar refractivity (Wildman–Crippen MR) is 99.3 cm³/mol. The number of aryl methyl sites for hydroxylation is 1. The number of pyridine rings is 1. The number of fused-ring (bicyclic) bond motifs is 1. The molecule has 0 saturated heterocycles. The molecule has 0 aliphatic heterocycles. The molecule has 0 spiro atoms. The molecule has 26 heavy (non-hydrogen) atoms. The van der Waals surface area contributed by atoms with Gasteiger partial charge in [-0.3, -0.25) is 4.98 Å². The molecule has 0 atom stereocenters. The van der Waals surface area contributed by atoms with Crippen molar-refractivity contribution in [2.24, 2.45) is 0 Å². The highest BCUT2D eigenvalue weighted by molar-refractivity contribution is 5.77. The van der Waals surface area contributed by atoms with E-state index >= 15 is 0 Å². The summed E-state index contributed by atoms with van der Waals surface area (Å²) in [6.07, 6.45) is 1.67. The van der Waals surface area contributed by atoms with E-state index in [9.17, 15) is 0 Å². The molecule has 0 aliphatic rings. The topological polar surface area (TPSA) is 57.4 Å². The van der Waals surface area contributed by atoms with Crippen LogP contribution in [-0.4, -0.2) is 17.1 Å². The van der Waals surface area contributed by atoms with Gasteiger partial charge >= 0.3 is 0 Å². The van der Waals surface area contributed by atoms with Gasteiger partial charge in [0.15, 0.2) is 5.58 Å². The van der Waals surface area contributed by atoms with E-state index in [2.05, 4.69) is 16.9 Å². The van der Waals surface area contributed by atoms with Gasteiger partial charge in [-0.2, -0.15) is 0 Å². The van der Waals surface area contributed by atoms with Gasteiger partial charge in [-0.1, -0.05) is 17.7 Å². The van der Waals surface area contributed by atoms with E-state index in [-0.39, 0.29) is 0 Å². The van der Waals surface area contributed by atoms with E-state index in [0.717, 1.165) is 33.9 Å². The molecule has 2 heterocycles. The van der Waals surface area contributed by atoms with Gasteiger partial charge in [0.05, 0.1) is 19.0 Å². The van der Waals surface area contributed by atoms with E-state index < -0.39 is 0 Å². The largest absolute Gasteiger partial charge is 0.495 e. The van der Waals surface area contributed by atoms with Crippen LogP contribution in [0.15, 0.2) is 65.2 Å². The fraction of sp³-hybridized carbons (Fsp3) is 0.143. The average molecular weight is 346 g/mol. The van der Waals surface area contributed by atoms with Crippen molar-refractivity contribution < 1.29 is 13.9 Å². The highest BCUT2D eigenvalue weighted by Crippen LogP contribution is 2.27. The van der Waals surface area contributed by atoms with Gasteiger partial charge in [0.1, 0.15) is 23.6 Å². The van der Waals surface area contributed by atoms with Crippen LogP contribution in [0.25, 0.3) is 22.6 Å². The number of hydrogen-bond donors (Lipinski definition) is 0. The number of benzene rings is 2. The number of ether oxygens (including phenoxy) is 2. The van der Waals surface area contributed by atoms with Crippen molar-refractivity contribution >= 4 is 11.1 Å². The minimum Gasteiger partial charge on any atom is -0.495 e. The van der Waals surface area contributed by atoms with Gasteiger partial charge < -0.3 is 13.9 Å². The Balaban J connectivity index is 1.52. The average Bonchev–Trinajstić information content (AvgIpc) is 3.10. The fourth-order valence-electron chi connectivity index (χ4n) is 2.59. The lowest BCUT2D eigenvalue weighted by Crippen LogP contribution is -1.98. The summed E-state index contributed by atoms with van der Waals surface area (Å²) >= 11 is 0. The van der Waals surface area contributed by atoms with E-state index in [4.69, 9.17) is 13.9 Å². The number of aromatic nitrogens is 2. The highest BCUT2D eigenvalue weighted by atomic mass is 16.5. The molecule has 4 rings (SSSR count). The Morgan fingerprint density at radius 2 is 1.77 bits per heavy atom. The number of nitrogens with zero attached hydrogens (tertiary/aromatic N) is 2. The van der Waals surface area contributed by atoms with Gasteiger partial charge in [0.2, 0.25) is 5.89 Å². The van der Waals surface area contributed by atoms with Crippen molar-refractivity contribution in [3.63, 3.8) is 0 Å². The van der Waals surface area contributed by atoms with Crippen LogP contribution in [0.4, 0.5) is 0 Å². The molecule has 2 aromatic heterocycles. The van der Waals surface area contributed by atoms with Crippen LogP contribution >= 0.6 is 0 Å². The second kappa shape index (κ2) is 6.88. The zero-order valence-corrected chi connectivity index (χ0v) is 14.6. The molecule has 0 bridgehead atoms. The third-order valence-electron chi connectivity index (χ3n) is 4.08. The first-order valence-electron chi connectivity index (χ1n) is 8.30. The molecule has 0 N–H and O–H groups in total. The summed E-state index contributed by atoms with van der Waals surface area (Å²) in [5, 5.41) is 0. The molecule has 130 valence electrons. The van der Waals surface area contributed by atoms with Crippen LogP contribution in [0.1, 0.15) is 11.3 Å². The zero-order chi connectivity index (χ0) is 17.9. The van der Waals surface area contributed by atoms with Gasteiger partial charge in [-0.25, -0.2) is 4.98 Å². The molecule has 2 aromatic carbocycles. The van der Waals surface area contributed by atoms with Crippen molar-refractivity contribution in [3.05, 3.63) is 72.1 Å². The lowest BCUT2D eigenvalue weighted by molar-refractivity contribution is 0.301. The standard InChI is InChI=1S/C21H18N2O3/c1-14-3-5-15(6-4-14)21-23-19-11-17(9-10-20(19)26-21)25-13-16-7-8-18(24-2)12-22-16/h3-12H,13H2,1-2H3. The zero-order valence-electron chi connectivity index (χ0n) is 14.6. The quantitative estimate of drug-likeness (QED) is 0.520. The molecular weight excluding hydrogens is 328 g/mol. The summed E-state index contributed by atoms with van der Waals surface area (Å²) in [6, 6.07) is 17.5. The van der Waals surface area contributed by atoms with E-state index in [1.807, 2.05) is 54.6 Å². The summed E-state index contributed by atoms with van der Waals surface area (Å²) in [7, 11) is 1.62. The molecular formula is C21H18N2O3. The number of hydrogen-bond acceptors (Lipinski definition) is 5.